The van der Waals surface area contributed by atoms with Crippen molar-refractivity contribution < 1.29 is 5.11 Å². The normalized spacial score (nSPS) is 10.9. The summed E-state index contributed by atoms with van der Waals surface area (Å²) in [5.74, 6) is 0.141. The van der Waals surface area contributed by atoms with Crippen molar-refractivity contribution in [1.29, 1.82) is 0 Å². The molecule has 0 heterocycles. The van der Waals surface area contributed by atoms with E-state index in [-0.39, 0.29) is 5.75 Å². The number of benzene rings is 1. The Bertz CT molecular complexity index is 319. The van der Waals surface area contributed by atoms with Crippen molar-refractivity contribution in [2.45, 2.75) is 6.92 Å². The number of phenols is 1. The summed E-state index contributed by atoms with van der Waals surface area (Å²) in [5, 5.41) is 10.2. The van der Waals surface area contributed by atoms with Crippen LogP contribution in [0.2, 0.25) is 10.0 Å². The molecule has 1 aromatic rings. The highest BCUT2D eigenvalue weighted by Crippen LogP contribution is 2.30. The molecule has 1 rings (SSSR count). The minimum atomic E-state index is 0.141. The van der Waals surface area contributed by atoms with Crippen LogP contribution < -0.4 is 0 Å². The molecule has 1 N–H and O–H groups in total. The van der Waals surface area contributed by atoms with E-state index in [1.165, 1.54) is 6.07 Å². The summed E-state index contributed by atoms with van der Waals surface area (Å²) in [6.07, 6.45) is 3.58. The minimum Gasteiger partial charge on any atom is -0.507 e. The smallest absolute Gasteiger partial charge is 0.124 e. The monoisotopic (exact) mass is 202 g/mol. The van der Waals surface area contributed by atoms with Crippen molar-refractivity contribution in [2.75, 3.05) is 0 Å². The summed E-state index contributed by atoms with van der Waals surface area (Å²) in [5.41, 5.74) is 0.673. The fourth-order valence-electron chi connectivity index (χ4n) is 0.865. The van der Waals surface area contributed by atoms with Gasteiger partial charge in [0.2, 0.25) is 0 Å². The Morgan fingerprint density at radius 2 is 1.83 bits per heavy atom. The highest BCUT2D eigenvalue weighted by molar-refractivity contribution is 6.42. The first kappa shape index (κ1) is 9.43. The van der Waals surface area contributed by atoms with Gasteiger partial charge in [-0.05, 0) is 13.0 Å². The van der Waals surface area contributed by atoms with E-state index < -0.39 is 0 Å². The zero-order chi connectivity index (χ0) is 9.14. The molecule has 0 amide bonds. The van der Waals surface area contributed by atoms with Gasteiger partial charge in [-0.15, -0.1) is 0 Å². The van der Waals surface area contributed by atoms with Crippen LogP contribution in [-0.4, -0.2) is 5.11 Å². The van der Waals surface area contributed by atoms with Crippen LogP contribution in [0.25, 0.3) is 6.08 Å². The maximum atomic E-state index is 9.35. The molecule has 0 aromatic heterocycles. The Morgan fingerprint density at radius 3 is 2.42 bits per heavy atom. The molecule has 1 nitrogen and oxygen atoms in total. The molecule has 3 heteroatoms. The molecule has 0 saturated heterocycles. The van der Waals surface area contributed by atoms with Crippen LogP contribution in [0, 0.1) is 0 Å². The van der Waals surface area contributed by atoms with E-state index in [4.69, 9.17) is 23.2 Å². The van der Waals surface area contributed by atoms with Gasteiger partial charge in [-0.1, -0.05) is 35.4 Å². The van der Waals surface area contributed by atoms with Crippen molar-refractivity contribution in [2.24, 2.45) is 0 Å². The average molecular weight is 203 g/mol. The van der Waals surface area contributed by atoms with Crippen molar-refractivity contribution in [3.8, 4) is 5.75 Å². The SMILES string of the molecule is C/C=C/c1cc(Cl)c(Cl)cc1O. The standard InChI is InChI=1S/C9H8Cl2O/c1-2-3-6-4-7(10)8(11)5-9(6)12/h2-5,12H,1H3/b3-2+. The predicted octanol–water partition coefficient (Wildman–Crippen LogP) is 3.73. The van der Waals surface area contributed by atoms with E-state index in [1.807, 2.05) is 13.0 Å². The van der Waals surface area contributed by atoms with Gasteiger partial charge in [0.05, 0.1) is 10.0 Å². The molecule has 12 heavy (non-hydrogen) atoms. The Labute approximate surface area is 81.2 Å². The minimum absolute atomic E-state index is 0.141. The van der Waals surface area contributed by atoms with E-state index in [0.29, 0.717) is 15.6 Å². The Hall–Kier alpha value is -0.660. The number of rotatable bonds is 1. The topological polar surface area (TPSA) is 20.2 Å². The zero-order valence-corrected chi connectivity index (χ0v) is 8.02. The van der Waals surface area contributed by atoms with Crippen molar-refractivity contribution in [1.82, 2.24) is 0 Å². The number of halogens is 2. The molecular weight excluding hydrogens is 195 g/mol. The van der Waals surface area contributed by atoms with Gasteiger partial charge in [0.25, 0.3) is 0 Å². The molecule has 0 aliphatic heterocycles. The first-order chi connectivity index (χ1) is 5.65. The highest BCUT2D eigenvalue weighted by Gasteiger charge is 2.02. The van der Waals surface area contributed by atoms with E-state index in [9.17, 15) is 5.11 Å². The van der Waals surface area contributed by atoms with Gasteiger partial charge >= 0.3 is 0 Å². The number of phenolic OH excluding ortho intramolecular Hbond substituents is 1. The third-order valence-corrected chi connectivity index (χ3v) is 2.14. The summed E-state index contributed by atoms with van der Waals surface area (Å²) in [7, 11) is 0. The molecule has 0 aliphatic carbocycles. The summed E-state index contributed by atoms with van der Waals surface area (Å²) < 4.78 is 0. The second-order valence-electron chi connectivity index (χ2n) is 2.33. The van der Waals surface area contributed by atoms with Gasteiger partial charge in [0.15, 0.2) is 0 Å². The maximum absolute atomic E-state index is 9.35. The van der Waals surface area contributed by atoms with Gasteiger partial charge in [-0.3, -0.25) is 0 Å². The van der Waals surface area contributed by atoms with Gasteiger partial charge in [-0.2, -0.15) is 0 Å². The molecule has 0 unspecified atom stereocenters. The van der Waals surface area contributed by atoms with Crippen molar-refractivity contribution in [3.05, 3.63) is 33.8 Å². The van der Waals surface area contributed by atoms with Crippen LogP contribution in [0.3, 0.4) is 0 Å². The summed E-state index contributed by atoms with van der Waals surface area (Å²) >= 11 is 11.4. The molecular formula is C9H8Cl2O. The van der Waals surface area contributed by atoms with Crippen LogP contribution >= 0.6 is 23.2 Å². The van der Waals surface area contributed by atoms with Crippen LogP contribution in [0.15, 0.2) is 18.2 Å². The van der Waals surface area contributed by atoms with Crippen LogP contribution in [-0.2, 0) is 0 Å². The second-order valence-corrected chi connectivity index (χ2v) is 3.14. The number of allylic oxidation sites excluding steroid dienone is 1. The molecule has 1 aromatic carbocycles. The average Bonchev–Trinajstić information content (AvgIpc) is 2.01. The lowest BCUT2D eigenvalue weighted by molar-refractivity contribution is 0.474. The molecule has 0 spiro atoms. The molecule has 0 fully saturated rings. The van der Waals surface area contributed by atoms with Crippen molar-refractivity contribution >= 4 is 29.3 Å². The lowest BCUT2D eigenvalue weighted by atomic mass is 10.2. The van der Waals surface area contributed by atoms with E-state index in [2.05, 4.69) is 0 Å². The molecule has 64 valence electrons. The van der Waals surface area contributed by atoms with Gasteiger partial charge in [0.1, 0.15) is 5.75 Å². The quantitative estimate of drug-likeness (QED) is 0.737. The Balaban J connectivity index is 3.23. The number of aromatic hydroxyl groups is 1. The zero-order valence-electron chi connectivity index (χ0n) is 6.51. The predicted molar refractivity (Wildman–Crippen MR) is 52.8 cm³/mol. The van der Waals surface area contributed by atoms with Gasteiger partial charge < -0.3 is 5.11 Å². The first-order valence-electron chi connectivity index (χ1n) is 3.46. The molecule has 0 radical (unpaired) electrons. The number of hydrogen-bond donors (Lipinski definition) is 1. The fourth-order valence-corrected chi connectivity index (χ4v) is 1.19. The summed E-state index contributed by atoms with van der Waals surface area (Å²) in [6.45, 7) is 1.86. The van der Waals surface area contributed by atoms with Crippen LogP contribution in [0.4, 0.5) is 0 Å². The van der Waals surface area contributed by atoms with Gasteiger partial charge in [0, 0.05) is 11.6 Å². The highest BCUT2D eigenvalue weighted by atomic mass is 35.5. The van der Waals surface area contributed by atoms with E-state index in [1.54, 1.807) is 12.1 Å². The second kappa shape index (κ2) is 3.83. The lowest BCUT2D eigenvalue weighted by Gasteiger charge is -2.01. The summed E-state index contributed by atoms with van der Waals surface area (Å²) in [4.78, 5) is 0. The maximum Gasteiger partial charge on any atom is 0.124 e. The Morgan fingerprint density at radius 1 is 1.25 bits per heavy atom. The third kappa shape index (κ3) is 1.93. The van der Waals surface area contributed by atoms with Crippen molar-refractivity contribution in [3.63, 3.8) is 0 Å². The fraction of sp³-hybridized carbons (Fsp3) is 0.111. The Kier molecular flexibility index (Phi) is 3.01. The van der Waals surface area contributed by atoms with Gasteiger partial charge in [-0.25, -0.2) is 0 Å². The first-order valence-corrected chi connectivity index (χ1v) is 4.21. The third-order valence-electron chi connectivity index (χ3n) is 1.42. The van der Waals surface area contributed by atoms with E-state index >= 15 is 0 Å². The van der Waals surface area contributed by atoms with Crippen LogP contribution in [0.5, 0.6) is 5.75 Å². The van der Waals surface area contributed by atoms with Crippen LogP contribution in [0.1, 0.15) is 12.5 Å². The number of hydrogen-bond acceptors (Lipinski definition) is 1. The van der Waals surface area contributed by atoms with E-state index in [0.717, 1.165) is 0 Å². The molecule has 0 bridgehead atoms. The summed E-state index contributed by atoms with van der Waals surface area (Å²) in [6, 6.07) is 3.05. The lowest BCUT2D eigenvalue weighted by Crippen LogP contribution is -1.76. The molecule has 0 saturated carbocycles. The molecule has 0 atom stereocenters. The molecule has 0 aliphatic rings. The largest absolute Gasteiger partial charge is 0.507 e.